The summed E-state index contributed by atoms with van der Waals surface area (Å²) in [6.45, 7) is 1.57. The summed E-state index contributed by atoms with van der Waals surface area (Å²) in [6, 6.07) is 14.9. The van der Waals surface area contributed by atoms with Gasteiger partial charge in [0, 0.05) is 9.26 Å². The summed E-state index contributed by atoms with van der Waals surface area (Å²) in [6.07, 6.45) is 1.67. The minimum absolute atomic E-state index is 0.303. The Labute approximate surface area is 169 Å². The zero-order valence-electron chi connectivity index (χ0n) is 13.9. The van der Waals surface area contributed by atoms with Gasteiger partial charge >= 0.3 is 0 Å². The van der Waals surface area contributed by atoms with Crippen LogP contribution in [-0.2, 0) is 9.59 Å². The van der Waals surface area contributed by atoms with Gasteiger partial charge < -0.3 is 5.32 Å². The molecule has 1 N–H and O–H groups in total. The maximum atomic E-state index is 12.5. The van der Waals surface area contributed by atoms with Crippen LogP contribution in [0, 0.1) is 10.5 Å². The highest BCUT2D eigenvalue weighted by Gasteiger charge is 2.36. The second-order valence-electron chi connectivity index (χ2n) is 5.68. The largest absolute Gasteiger partial charge is 0.324 e. The third kappa shape index (κ3) is 4.34. The zero-order chi connectivity index (χ0) is 18.7. The van der Waals surface area contributed by atoms with E-state index in [2.05, 4.69) is 27.9 Å². The van der Waals surface area contributed by atoms with Gasteiger partial charge in [0.25, 0.3) is 11.1 Å². The second-order valence-corrected chi connectivity index (χ2v) is 7.92. The van der Waals surface area contributed by atoms with E-state index in [9.17, 15) is 14.4 Å². The van der Waals surface area contributed by atoms with E-state index in [1.54, 1.807) is 12.1 Å². The van der Waals surface area contributed by atoms with Crippen LogP contribution in [0.25, 0.3) is 6.08 Å². The highest BCUT2D eigenvalue weighted by molar-refractivity contribution is 14.1. The quantitative estimate of drug-likeness (QED) is 0.527. The third-order valence-electron chi connectivity index (χ3n) is 3.76. The number of anilines is 1. The van der Waals surface area contributed by atoms with Crippen LogP contribution in [0.15, 0.2) is 53.4 Å². The Balaban J connectivity index is 1.70. The van der Waals surface area contributed by atoms with Crippen molar-refractivity contribution in [3.05, 3.63) is 68.1 Å². The van der Waals surface area contributed by atoms with E-state index >= 15 is 0 Å². The van der Waals surface area contributed by atoms with Crippen molar-refractivity contribution in [2.75, 3.05) is 11.9 Å². The highest BCUT2D eigenvalue weighted by atomic mass is 127. The van der Waals surface area contributed by atoms with Crippen LogP contribution in [-0.4, -0.2) is 28.5 Å². The summed E-state index contributed by atoms with van der Waals surface area (Å²) in [7, 11) is 0. The molecule has 0 aliphatic carbocycles. The molecule has 0 atom stereocenters. The number of carbonyl (C=O) groups is 3. The molecule has 0 unspecified atom stereocenters. The number of carbonyl (C=O) groups excluding carboxylic acids is 3. The van der Waals surface area contributed by atoms with Gasteiger partial charge in [-0.05, 0) is 76.7 Å². The number of halogens is 1. The van der Waals surface area contributed by atoms with Gasteiger partial charge in [-0.1, -0.05) is 30.3 Å². The number of aryl methyl sites for hydroxylation is 1. The molecular weight excluding hydrogens is 463 g/mol. The average Bonchev–Trinajstić information content (AvgIpc) is 2.86. The van der Waals surface area contributed by atoms with E-state index in [-0.39, 0.29) is 6.54 Å². The van der Waals surface area contributed by atoms with Gasteiger partial charge in [0.1, 0.15) is 6.54 Å². The van der Waals surface area contributed by atoms with E-state index in [1.807, 2.05) is 49.4 Å². The van der Waals surface area contributed by atoms with Crippen molar-refractivity contribution >= 4 is 63.2 Å². The molecule has 2 aromatic carbocycles. The Morgan fingerprint density at radius 1 is 1.15 bits per heavy atom. The zero-order valence-corrected chi connectivity index (χ0v) is 16.8. The number of nitrogens with one attached hydrogen (secondary N) is 1. The summed E-state index contributed by atoms with van der Waals surface area (Å²) < 4.78 is 1.08. The number of benzene rings is 2. The lowest BCUT2D eigenvalue weighted by atomic mass is 10.2. The Morgan fingerprint density at radius 2 is 1.85 bits per heavy atom. The second kappa shape index (κ2) is 8.05. The normalized spacial score (nSPS) is 15.6. The molecule has 3 rings (SSSR count). The van der Waals surface area contributed by atoms with E-state index < -0.39 is 17.1 Å². The molecule has 1 aliphatic heterocycles. The number of amides is 3. The third-order valence-corrected chi connectivity index (χ3v) is 5.39. The molecule has 26 heavy (non-hydrogen) atoms. The molecule has 0 saturated carbocycles. The van der Waals surface area contributed by atoms with Crippen molar-refractivity contribution in [1.29, 1.82) is 0 Å². The first-order chi connectivity index (χ1) is 12.4. The maximum Gasteiger partial charge on any atom is 0.294 e. The molecule has 2 aromatic rings. The summed E-state index contributed by atoms with van der Waals surface area (Å²) in [5.74, 6) is -0.851. The first kappa shape index (κ1) is 18.7. The lowest BCUT2D eigenvalue weighted by Gasteiger charge is -2.13. The van der Waals surface area contributed by atoms with Crippen molar-refractivity contribution in [3.63, 3.8) is 0 Å². The number of para-hydroxylation sites is 1. The number of hydrogen-bond donors (Lipinski definition) is 1. The van der Waals surface area contributed by atoms with E-state index in [0.29, 0.717) is 10.6 Å². The maximum absolute atomic E-state index is 12.5. The molecule has 1 saturated heterocycles. The predicted molar refractivity (Wildman–Crippen MR) is 112 cm³/mol. The Morgan fingerprint density at radius 3 is 2.54 bits per heavy atom. The summed E-state index contributed by atoms with van der Waals surface area (Å²) in [5, 5.41) is 2.30. The summed E-state index contributed by atoms with van der Waals surface area (Å²) in [4.78, 5) is 38.1. The standard InChI is InChI=1S/C19H15IN2O3S/c1-12-4-2-3-5-15(12)21-17(23)11-22-18(24)16(26-19(22)25)10-13-6-8-14(20)9-7-13/h2-10H,11H2,1H3,(H,21,23)/b16-10-. The molecule has 0 bridgehead atoms. The Hall–Kier alpha value is -2.13. The molecule has 0 radical (unpaired) electrons. The molecule has 3 amide bonds. The lowest BCUT2D eigenvalue weighted by Crippen LogP contribution is -2.36. The van der Waals surface area contributed by atoms with E-state index in [4.69, 9.17) is 0 Å². The molecule has 132 valence electrons. The smallest absolute Gasteiger partial charge is 0.294 e. The van der Waals surface area contributed by atoms with Crippen LogP contribution in [0.5, 0.6) is 0 Å². The molecule has 7 heteroatoms. The van der Waals surface area contributed by atoms with Crippen molar-refractivity contribution in [1.82, 2.24) is 4.90 Å². The van der Waals surface area contributed by atoms with Crippen LogP contribution in [0.3, 0.4) is 0 Å². The molecule has 1 fully saturated rings. The van der Waals surface area contributed by atoms with Crippen LogP contribution >= 0.6 is 34.4 Å². The molecule has 0 spiro atoms. The number of nitrogens with zero attached hydrogens (tertiary/aromatic N) is 1. The minimum atomic E-state index is -0.446. The Bertz CT molecular complexity index is 909. The van der Waals surface area contributed by atoms with Gasteiger partial charge in [-0.15, -0.1) is 0 Å². The van der Waals surface area contributed by atoms with Crippen LogP contribution in [0.1, 0.15) is 11.1 Å². The predicted octanol–water partition coefficient (Wildman–Crippen LogP) is 4.27. The first-order valence-electron chi connectivity index (χ1n) is 7.80. The SMILES string of the molecule is Cc1ccccc1NC(=O)CN1C(=O)S/C(=C\c2ccc(I)cc2)C1=O. The monoisotopic (exact) mass is 478 g/mol. The lowest BCUT2D eigenvalue weighted by molar-refractivity contribution is -0.127. The van der Waals surface area contributed by atoms with E-state index in [1.165, 1.54) is 0 Å². The minimum Gasteiger partial charge on any atom is -0.324 e. The van der Waals surface area contributed by atoms with Crippen LogP contribution in [0.2, 0.25) is 0 Å². The fourth-order valence-corrected chi connectivity index (χ4v) is 3.59. The van der Waals surface area contributed by atoms with Crippen LogP contribution < -0.4 is 5.32 Å². The highest BCUT2D eigenvalue weighted by Crippen LogP contribution is 2.32. The van der Waals surface area contributed by atoms with Gasteiger partial charge in [0.2, 0.25) is 5.91 Å². The molecule has 1 aliphatic rings. The van der Waals surface area contributed by atoms with E-state index in [0.717, 1.165) is 31.4 Å². The van der Waals surface area contributed by atoms with Crippen molar-refractivity contribution in [3.8, 4) is 0 Å². The van der Waals surface area contributed by atoms with Gasteiger partial charge in [0.15, 0.2) is 0 Å². The van der Waals surface area contributed by atoms with Gasteiger partial charge in [0.05, 0.1) is 4.91 Å². The number of imide groups is 1. The molecular formula is C19H15IN2O3S. The Kier molecular flexibility index (Phi) is 5.77. The first-order valence-corrected chi connectivity index (χ1v) is 9.70. The van der Waals surface area contributed by atoms with Crippen molar-refractivity contribution in [2.45, 2.75) is 6.92 Å². The topological polar surface area (TPSA) is 66.5 Å². The number of rotatable bonds is 4. The number of hydrogen-bond acceptors (Lipinski definition) is 4. The molecule has 0 aromatic heterocycles. The molecule has 5 nitrogen and oxygen atoms in total. The van der Waals surface area contributed by atoms with Gasteiger partial charge in [-0.25, -0.2) is 0 Å². The van der Waals surface area contributed by atoms with Gasteiger partial charge in [-0.3, -0.25) is 19.3 Å². The molecule has 1 heterocycles. The summed E-state index contributed by atoms with van der Waals surface area (Å²) >= 11 is 3.05. The fourth-order valence-electron chi connectivity index (χ4n) is 2.39. The van der Waals surface area contributed by atoms with Crippen LogP contribution in [0.4, 0.5) is 10.5 Å². The van der Waals surface area contributed by atoms with Crippen molar-refractivity contribution in [2.24, 2.45) is 0 Å². The van der Waals surface area contributed by atoms with Gasteiger partial charge in [-0.2, -0.15) is 0 Å². The number of thioether (sulfide) groups is 1. The summed E-state index contributed by atoms with van der Waals surface area (Å²) in [5.41, 5.74) is 2.41. The van der Waals surface area contributed by atoms with Crippen molar-refractivity contribution < 1.29 is 14.4 Å². The fraction of sp³-hybridized carbons (Fsp3) is 0.105. The average molecular weight is 478 g/mol.